The second-order valence-corrected chi connectivity index (χ2v) is 7.96. The van der Waals surface area contributed by atoms with Crippen molar-refractivity contribution in [3.63, 3.8) is 0 Å². The highest BCUT2D eigenvalue weighted by Crippen LogP contribution is 2.43. The van der Waals surface area contributed by atoms with Crippen LogP contribution in [0.4, 0.5) is 5.82 Å². The Morgan fingerprint density at radius 3 is 2.46 bits per heavy atom. The Morgan fingerprint density at radius 1 is 1.08 bits per heavy atom. The van der Waals surface area contributed by atoms with Gasteiger partial charge in [0.1, 0.15) is 10.6 Å². The van der Waals surface area contributed by atoms with E-state index in [0.717, 1.165) is 55.1 Å². The molecule has 0 bridgehead atoms. The maximum Gasteiger partial charge on any atom is 0.225 e. The van der Waals surface area contributed by atoms with Crippen LogP contribution in [0.1, 0.15) is 24.3 Å². The van der Waals surface area contributed by atoms with Crippen molar-refractivity contribution in [3.05, 3.63) is 40.0 Å². The lowest BCUT2D eigenvalue weighted by Gasteiger charge is -2.29. The van der Waals surface area contributed by atoms with Gasteiger partial charge in [-0.05, 0) is 35.6 Å². The molecule has 1 aliphatic rings. The van der Waals surface area contributed by atoms with E-state index in [1.165, 1.54) is 21.6 Å². The van der Waals surface area contributed by atoms with Crippen LogP contribution in [0.3, 0.4) is 0 Å². The molecular weight excluding hydrogens is 364 g/mol. The second kappa shape index (κ2) is 7.51. The summed E-state index contributed by atoms with van der Waals surface area (Å²) in [5, 5.41) is 4.90. The third-order valence-electron chi connectivity index (χ3n) is 4.97. The second-order valence-electron chi connectivity index (χ2n) is 6.54. The van der Waals surface area contributed by atoms with Gasteiger partial charge in [0, 0.05) is 36.6 Å². The Labute approximate surface area is 163 Å². The SMILES string of the molecule is CCc1ccc(-c2c(CC)sc3nc(Cl)nc(N4CCNCC4)c23)cc1. The molecule has 26 heavy (non-hydrogen) atoms. The number of halogens is 1. The number of anilines is 1. The predicted molar refractivity (Wildman–Crippen MR) is 112 cm³/mol. The van der Waals surface area contributed by atoms with E-state index in [1.807, 2.05) is 0 Å². The summed E-state index contributed by atoms with van der Waals surface area (Å²) >= 11 is 8.02. The highest BCUT2D eigenvalue weighted by Gasteiger charge is 2.23. The van der Waals surface area contributed by atoms with E-state index in [1.54, 1.807) is 11.3 Å². The molecule has 1 saturated heterocycles. The summed E-state index contributed by atoms with van der Waals surface area (Å²) in [4.78, 5) is 13.9. The van der Waals surface area contributed by atoms with Gasteiger partial charge < -0.3 is 10.2 Å². The standard InChI is InChI=1S/C20H23ClN4S/c1-3-13-5-7-14(8-6-13)16-15(4-2)26-19-17(16)18(23-20(21)24-19)25-11-9-22-10-12-25/h5-8,22H,3-4,9-12H2,1-2H3. The molecule has 0 saturated carbocycles. The molecule has 136 valence electrons. The number of nitrogens with zero attached hydrogens (tertiary/aromatic N) is 3. The van der Waals surface area contributed by atoms with Crippen LogP contribution in [-0.2, 0) is 12.8 Å². The van der Waals surface area contributed by atoms with E-state index in [9.17, 15) is 0 Å². The van der Waals surface area contributed by atoms with Crippen LogP contribution in [0.5, 0.6) is 0 Å². The van der Waals surface area contributed by atoms with E-state index in [-0.39, 0.29) is 0 Å². The molecule has 1 aromatic carbocycles. The number of nitrogens with one attached hydrogen (secondary N) is 1. The monoisotopic (exact) mass is 386 g/mol. The van der Waals surface area contributed by atoms with Gasteiger partial charge in [0.2, 0.25) is 5.28 Å². The summed E-state index contributed by atoms with van der Waals surface area (Å²) in [6, 6.07) is 8.91. The van der Waals surface area contributed by atoms with Crippen LogP contribution >= 0.6 is 22.9 Å². The zero-order chi connectivity index (χ0) is 18.1. The first-order valence-electron chi connectivity index (χ1n) is 9.25. The largest absolute Gasteiger partial charge is 0.353 e. The first-order chi connectivity index (χ1) is 12.7. The van der Waals surface area contributed by atoms with Crippen molar-refractivity contribution in [1.82, 2.24) is 15.3 Å². The minimum Gasteiger partial charge on any atom is -0.353 e. The van der Waals surface area contributed by atoms with Crippen molar-refractivity contribution in [1.29, 1.82) is 0 Å². The average Bonchev–Trinajstić information content (AvgIpc) is 3.06. The molecule has 0 unspecified atom stereocenters. The Bertz CT molecular complexity index is 914. The Hall–Kier alpha value is -1.69. The summed E-state index contributed by atoms with van der Waals surface area (Å²) in [5.41, 5.74) is 3.88. The molecule has 0 amide bonds. The minimum atomic E-state index is 0.336. The van der Waals surface area contributed by atoms with Crippen molar-refractivity contribution >= 4 is 39.0 Å². The number of rotatable bonds is 4. The van der Waals surface area contributed by atoms with Crippen molar-refractivity contribution in [2.45, 2.75) is 26.7 Å². The topological polar surface area (TPSA) is 41.1 Å². The van der Waals surface area contributed by atoms with Gasteiger partial charge in [-0.15, -0.1) is 11.3 Å². The molecule has 3 heterocycles. The lowest BCUT2D eigenvalue weighted by Crippen LogP contribution is -2.44. The highest BCUT2D eigenvalue weighted by molar-refractivity contribution is 7.19. The molecule has 4 rings (SSSR count). The van der Waals surface area contributed by atoms with E-state index in [2.05, 4.69) is 58.3 Å². The normalized spacial score (nSPS) is 15.0. The molecule has 4 nitrogen and oxygen atoms in total. The summed E-state index contributed by atoms with van der Waals surface area (Å²) in [5.74, 6) is 0.979. The molecule has 2 aromatic heterocycles. The van der Waals surface area contributed by atoms with Crippen molar-refractivity contribution in [2.24, 2.45) is 0 Å². The first kappa shape index (κ1) is 17.7. The van der Waals surface area contributed by atoms with Crippen LogP contribution in [-0.4, -0.2) is 36.1 Å². The highest BCUT2D eigenvalue weighted by atomic mass is 35.5. The summed E-state index contributed by atoms with van der Waals surface area (Å²) < 4.78 is 0. The van der Waals surface area contributed by atoms with Crippen LogP contribution in [0.15, 0.2) is 24.3 Å². The number of aromatic nitrogens is 2. The number of benzene rings is 1. The van der Waals surface area contributed by atoms with Gasteiger partial charge in [-0.2, -0.15) is 4.98 Å². The number of aryl methyl sites for hydroxylation is 2. The Kier molecular flexibility index (Phi) is 5.11. The smallest absolute Gasteiger partial charge is 0.225 e. The summed E-state index contributed by atoms with van der Waals surface area (Å²) in [6.45, 7) is 8.20. The van der Waals surface area contributed by atoms with Gasteiger partial charge in [0.15, 0.2) is 0 Å². The summed E-state index contributed by atoms with van der Waals surface area (Å²) in [6.07, 6.45) is 2.03. The third-order valence-corrected chi connectivity index (χ3v) is 6.36. The lowest BCUT2D eigenvalue weighted by molar-refractivity contribution is 0.586. The van der Waals surface area contributed by atoms with Crippen LogP contribution in [0.25, 0.3) is 21.3 Å². The van der Waals surface area contributed by atoms with Crippen molar-refractivity contribution in [2.75, 3.05) is 31.1 Å². The van der Waals surface area contributed by atoms with E-state index >= 15 is 0 Å². The molecule has 0 spiro atoms. The average molecular weight is 387 g/mol. The van der Waals surface area contributed by atoms with E-state index < -0.39 is 0 Å². The van der Waals surface area contributed by atoms with Crippen LogP contribution in [0, 0.1) is 0 Å². The molecule has 0 atom stereocenters. The van der Waals surface area contributed by atoms with Crippen LogP contribution in [0.2, 0.25) is 5.28 Å². The van der Waals surface area contributed by atoms with Gasteiger partial charge in [-0.25, -0.2) is 4.98 Å². The third kappa shape index (κ3) is 3.20. The molecule has 0 radical (unpaired) electrons. The zero-order valence-electron chi connectivity index (χ0n) is 15.2. The van der Waals surface area contributed by atoms with Gasteiger partial charge in [0.05, 0.1) is 5.39 Å². The number of hydrogen-bond donors (Lipinski definition) is 1. The zero-order valence-corrected chi connectivity index (χ0v) is 16.8. The fourth-order valence-corrected chi connectivity index (χ4v) is 4.91. The van der Waals surface area contributed by atoms with E-state index in [0.29, 0.717) is 5.28 Å². The van der Waals surface area contributed by atoms with Crippen molar-refractivity contribution in [3.8, 4) is 11.1 Å². The Balaban J connectivity index is 1.94. The summed E-state index contributed by atoms with van der Waals surface area (Å²) in [7, 11) is 0. The molecule has 1 fully saturated rings. The number of hydrogen-bond acceptors (Lipinski definition) is 5. The van der Waals surface area contributed by atoms with Crippen LogP contribution < -0.4 is 10.2 Å². The molecule has 3 aromatic rings. The van der Waals surface area contributed by atoms with Gasteiger partial charge in [-0.1, -0.05) is 38.1 Å². The maximum atomic E-state index is 6.28. The predicted octanol–water partition coefficient (Wildman–Crippen LogP) is 4.55. The fourth-order valence-electron chi connectivity index (χ4n) is 3.57. The van der Waals surface area contributed by atoms with E-state index in [4.69, 9.17) is 11.6 Å². The fraction of sp³-hybridized carbons (Fsp3) is 0.400. The quantitative estimate of drug-likeness (QED) is 0.668. The first-order valence-corrected chi connectivity index (χ1v) is 10.4. The van der Waals surface area contributed by atoms with Crippen molar-refractivity contribution < 1.29 is 0 Å². The minimum absolute atomic E-state index is 0.336. The molecule has 6 heteroatoms. The molecule has 1 aliphatic heterocycles. The molecular formula is C20H23ClN4S. The number of piperazine rings is 1. The molecule has 1 N–H and O–H groups in total. The van der Waals surface area contributed by atoms with Gasteiger partial charge in [-0.3, -0.25) is 0 Å². The lowest BCUT2D eigenvalue weighted by atomic mass is 10.00. The number of thiophene rings is 1. The Morgan fingerprint density at radius 2 is 1.81 bits per heavy atom. The number of fused-ring (bicyclic) bond motifs is 1. The maximum absolute atomic E-state index is 6.28. The van der Waals surface area contributed by atoms with Gasteiger partial charge >= 0.3 is 0 Å². The molecule has 0 aliphatic carbocycles. The van der Waals surface area contributed by atoms with Gasteiger partial charge in [0.25, 0.3) is 0 Å².